The van der Waals surface area contributed by atoms with E-state index >= 15 is 0 Å². The van der Waals surface area contributed by atoms with Gasteiger partial charge in [-0.3, -0.25) is 14.7 Å². The molecule has 1 aliphatic rings. The Hall–Kier alpha value is -4.70. The third kappa shape index (κ3) is 6.71. The number of methoxy groups -OCH3 is 1. The molecule has 0 spiro atoms. The van der Waals surface area contributed by atoms with E-state index in [9.17, 15) is 9.59 Å². The number of ether oxygens (including phenoxy) is 3. The van der Waals surface area contributed by atoms with Crippen molar-refractivity contribution < 1.29 is 19.0 Å². The number of imidazole rings is 1. The third-order valence-corrected chi connectivity index (χ3v) is 7.47. The zero-order chi connectivity index (χ0) is 31.3. The summed E-state index contributed by atoms with van der Waals surface area (Å²) in [5, 5.41) is 14.7. The SMILES string of the molecule is COCCOCCOC(=O)Nc1ccc(-c2nc([C@@H]3CCc4nc(-c5cc(Cl)ccc5-n5cnnn5)cc(=O)n43)[nH]c2Cl)cn1. The summed E-state index contributed by atoms with van der Waals surface area (Å²) < 4.78 is 18.3. The fourth-order valence-corrected chi connectivity index (χ4v) is 5.35. The zero-order valence-corrected chi connectivity index (χ0v) is 25.3. The van der Waals surface area contributed by atoms with E-state index in [0.29, 0.717) is 70.9 Å². The van der Waals surface area contributed by atoms with Crippen LogP contribution in [0.15, 0.2) is 53.7 Å². The van der Waals surface area contributed by atoms with E-state index in [1.807, 2.05) is 0 Å². The van der Waals surface area contributed by atoms with Crippen molar-refractivity contribution in [2.75, 3.05) is 38.9 Å². The van der Waals surface area contributed by atoms with Crippen LogP contribution in [0.2, 0.25) is 10.2 Å². The Morgan fingerprint density at radius 3 is 2.76 bits per heavy atom. The van der Waals surface area contributed by atoms with Crippen molar-refractivity contribution in [1.29, 1.82) is 0 Å². The lowest BCUT2D eigenvalue weighted by atomic mass is 10.1. The first-order valence-corrected chi connectivity index (χ1v) is 14.5. The Labute approximate surface area is 265 Å². The van der Waals surface area contributed by atoms with Crippen molar-refractivity contribution in [3.8, 4) is 28.2 Å². The molecule has 0 saturated heterocycles. The molecule has 1 aromatic carbocycles. The number of anilines is 1. The van der Waals surface area contributed by atoms with Crippen LogP contribution in [0.25, 0.3) is 28.2 Å². The van der Waals surface area contributed by atoms with E-state index in [1.165, 1.54) is 23.3 Å². The Bertz CT molecular complexity index is 1860. The molecule has 0 bridgehead atoms. The summed E-state index contributed by atoms with van der Waals surface area (Å²) in [6, 6.07) is 9.59. The maximum Gasteiger partial charge on any atom is 0.412 e. The van der Waals surface area contributed by atoms with Gasteiger partial charge in [0.05, 0.1) is 37.2 Å². The number of fused-ring (bicyclic) bond motifs is 1. The smallest absolute Gasteiger partial charge is 0.412 e. The number of pyridine rings is 1. The average molecular weight is 653 g/mol. The van der Waals surface area contributed by atoms with Gasteiger partial charge in [-0.2, -0.15) is 4.68 Å². The predicted octanol–water partition coefficient (Wildman–Crippen LogP) is 3.73. The number of hydrogen-bond donors (Lipinski definition) is 2. The minimum Gasteiger partial charge on any atom is -0.447 e. The highest BCUT2D eigenvalue weighted by Crippen LogP contribution is 2.34. The topological polar surface area (TPSA) is 177 Å². The number of aromatic amines is 1. The van der Waals surface area contributed by atoms with Crippen LogP contribution in [-0.2, 0) is 20.6 Å². The van der Waals surface area contributed by atoms with Crippen LogP contribution in [0.3, 0.4) is 0 Å². The number of nitrogens with zero attached hydrogens (tertiary/aromatic N) is 8. The van der Waals surface area contributed by atoms with Gasteiger partial charge in [-0.05, 0) is 47.2 Å². The molecular formula is C28H26Cl2N10O5. The molecule has 1 amide bonds. The normalized spacial score (nSPS) is 14.0. The molecule has 5 heterocycles. The Kier molecular flexibility index (Phi) is 9.11. The summed E-state index contributed by atoms with van der Waals surface area (Å²) in [6.45, 7) is 1.22. The molecule has 1 atom stereocenters. The quantitative estimate of drug-likeness (QED) is 0.199. The van der Waals surface area contributed by atoms with Crippen LogP contribution < -0.4 is 10.9 Å². The molecule has 0 unspecified atom stereocenters. The van der Waals surface area contributed by atoms with Gasteiger partial charge in [0.2, 0.25) is 0 Å². The number of amides is 1. The maximum atomic E-state index is 13.5. The van der Waals surface area contributed by atoms with Crippen LogP contribution in [0.4, 0.5) is 10.6 Å². The number of rotatable bonds is 11. The molecule has 0 aliphatic carbocycles. The van der Waals surface area contributed by atoms with E-state index in [1.54, 1.807) is 42.0 Å². The number of tetrazole rings is 1. The van der Waals surface area contributed by atoms with E-state index in [0.717, 1.165) is 0 Å². The molecule has 45 heavy (non-hydrogen) atoms. The van der Waals surface area contributed by atoms with E-state index < -0.39 is 12.1 Å². The van der Waals surface area contributed by atoms with Crippen LogP contribution in [0, 0.1) is 0 Å². The van der Waals surface area contributed by atoms with Gasteiger partial charge in [0.15, 0.2) is 0 Å². The lowest BCUT2D eigenvalue weighted by Gasteiger charge is -2.14. The van der Waals surface area contributed by atoms with E-state index in [2.05, 4.69) is 30.8 Å². The molecule has 5 aromatic rings. The lowest BCUT2D eigenvalue weighted by Crippen LogP contribution is -2.25. The number of carbonyl (C=O) groups is 1. The van der Waals surface area contributed by atoms with Crippen molar-refractivity contribution in [3.05, 3.63) is 81.1 Å². The lowest BCUT2D eigenvalue weighted by molar-refractivity contribution is 0.0447. The predicted molar refractivity (Wildman–Crippen MR) is 163 cm³/mol. The van der Waals surface area contributed by atoms with Crippen LogP contribution >= 0.6 is 23.2 Å². The number of halogens is 2. The minimum atomic E-state index is -0.658. The monoisotopic (exact) mass is 652 g/mol. The van der Waals surface area contributed by atoms with Crippen LogP contribution in [0.5, 0.6) is 0 Å². The average Bonchev–Trinajstić information content (AvgIpc) is 3.80. The Balaban J connectivity index is 1.17. The van der Waals surface area contributed by atoms with Gasteiger partial charge in [0, 0.05) is 41.9 Å². The van der Waals surface area contributed by atoms with Crippen LogP contribution in [-0.4, -0.2) is 84.3 Å². The highest BCUT2D eigenvalue weighted by Gasteiger charge is 2.30. The maximum absolute atomic E-state index is 13.5. The molecule has 232 valence electrons. The molecule has 4 aromatic heterocycles. The molecule has 17 heteroatoms. The number of H-pyrrole nitrogens is 1. The van der Waals surface area contributed by atoms with Gasteiger partial charge in [-0.15, -0.1) is 5.10 Å². The van der Waals surface area contributed by atoms with Gasteiger partial charge in [-0.25, -0.2) is 19.7 Å². The second-order valence-corrected chi connectivity index (χ2v) is 10.6. The number of carbonyl (C=O) groups excluding carboxylic acids is 1. The summed E-state index contributed by atoms with van der Waals surface area (Å²) in [4.78, 5) is 42.4. The molecule has 6 rings (SSSR count). The summed E-state index contributed by atoms with van der Waals surface area (Å²) in [5.74, 6) is 1.41. The molecule has 15 nitrogen and oxygen atoms in total. The van der Waals surface area contributed by atoms with Crippen LogP contribution in [0.1, 0.15) is 24.1 Å². The minimum absolute atomic E-state index is 0.0891. The molecule has 2 N–H and O–H groups in total. The van der Waals surface area contributed by atoms with E-state index in [-0.39, 0.29) is 29.7 Å². The van der Waals surface area contributed by atoms with Crippen molar-refractivity contribution in [1.82, 2.24) is 44.7 Å². The molecule has 0 saturated carbocycles. The van der Waals surface area contributed by atoms with Gasteiger partial charge in [-0.1, -0.05) is 23.2 Å². The zero-order valence-electron chi connectivity index (χ0n) is 23.8. The summed E-state index contributed by atoms with van der Waals surface area (Å²) >= 11 is 12.8. The van der Waals surface area contributed by atoms with Gasteiger partial charge >= 0.3 is 6.09 Å². The highest BCUT2D eigenvalue weighted by atomic mass is 35.5. The molecule has 0 radical (unpaired) electrons. The van der Waals surface area contributed by atoms with Crippen molar-refractivity contribution in [2.24, 2.45) is 0 Å². The fraction of sp³-hybridized carbons (Fsp3) is 0.286. The van der Waals surface area contributed by atoms with Gasteiger partial charge in [0.1, 0.15) is 41.2 Å². The van der Waals surface area contributed by atoms with Gasteiger partial charge in [0.25, 0.3) is 5.56 Å². The van der Waals surface area contributed by atoms with Crippen molar-refractivity contribution in [2.45, 2.75) is 18.9 Å². The number of nitrogens with one attached hydrogen (secondary N) is 2. The summed E-state index contributed by atoms with van der Waals surface area (Å²) in [7, 11) is 1.58. The first-order valence-electron chi connectivity index (χ1n) is 13.8. The number of aromatic nitrogens is 9. The van der Waals surface area contributed by atoms with Gasteiger partial charge < -0.3 is 19.2 Å². The first kappa shape index (κ1) is 30.3. The summed E-state index contributed by atoms with van der Waals surface area (Å²) in [5.41, 5.74) is 2.53. The number of benzene rings is 1. The number of aryl methyl sites for hydroxylation is 1. The molecule has 1 aliphatic heterocycles. The Morgan fingerprint density at radius 1 is 1.11 bits per heavy atom. The highest BCUT2D eigenvalue weighted by molar-refractivity contribution is 6.32. The molecular weight excluding hydrogens is 627 g/mol. The first-order chi connectivity index (χ1) is 21.9. The fourth-order valence-electron chi connectivity index (χ4n) is 4.93. The summed E-state index contributed by atoms with van der Waals surface area (Å²) in [6.07, 6.45) is 3.46. The Morgan fingerprint density at radius 2 is 1.98 bits per heavy atom. The van der Waals surface area contributed by atoms with Crippen molar-refractivity contribution >= 4 is 35.1 Å². The second-order valence-electron chi connectivity index (χ2n) is 9.82. The largest absolute Gasteiger partial charge is 0.447 e. The number of hydrogen-bond acceptors (Lipinski definition) is 11. The second kappa shape index (κ2) is 13.5. The standard InChI is InChI=1S/C28H26Cl2N10O5/c1-43-8-9-44-10-11-45-28(42)34-22-6-2-16(14-31-22)25-26(30)36-27(35-25)21-5-7-23-33-19(13-24(41)40(21)23)18-12-17(29)3-4-20(18)39-15-32-37-38-39/h2-4,6,12-15,21H,5,7-11H2,1H3,(H,35,36)(H,31,34,42)/t21-/m0/s1. The third-order valence-electron chi connectivity index (χ3n) is 6.96. The van der Waals surface area contributed by atoms with Crippen molar-refractivity contribution in [3.63, 3.8) is 0 Å². The molecule has 0 fully saturated rings. The van der Waals surface area contributed by atoms with E-state index in [4.69, 9.17) is 47.4 Å².